The van der Waals surface area contributed by atoms with Crippen molar-refractivity contribution in [1.29, 1.82) is 0 Å². The molecule has 0 aliphatic carbocycles. The normalized spacial score (nSPS) is 10.3. The van der Waals surface area contributed by atoms with E-state index in [1.54, 1.807) is 18.5 Å². The molecule has 54 valence electrons. The van der Waals surface area contributed by atoms with Gasteiger partial charge in [0, 0.05) is 17.8 Å². The summed E-state index contributed by atoms with van der Waals surface area (Å²) in [5.41, 5.74) is 0.694. The van der Waals surface area contributed by atoms with Gasteiger partial charge in [-0.3, -0.25) is 0 Å². The van der Waals surface area contributed by atoms with Gasteiger partial charge in [0.05, 0.1) is 5.02 Å². The maximum Gasteiger partial charge on any atom is 0.160 e. The molecule has 3 heteroatoms. The van der Waals surface area contributed by atoms with Crippen molar-refractivity contribution in [3.8, 4) is 0 Å². The highest BCUT2D eigenvalue weighted by atomic mass is 35.5. The molecule has 2 aromatic heterocycles. The highest BCUT2D eigenvalue weighted by Gasteiger charge is 1.96. The molecule has 0 atom stereocenters. The van der Waals surface area contributed by atoms with Crippen LogP contribution in [0.15, 0.2) is 30.6 Å². The van der Waals surface area contributed by atoms with Crippen molar-refractivity contribution in [2.75, 3.05) is 0 Å². The smallest absolute Gasteiger partial charge is 0.160 e. The number of hydrogen-bond donors (Lipinski definition) is 0. The van der Waals surface area contributed by atoms with E-state index in [0.29, 0.717) is 10.7 Å². The first-order valence-corrected chi connectivity index (χ1v) is 3.61. The topological polar surface area (TPSA) is 25.8 Å². The summed E-state index contributed by atoms with van der Waals surface area (Å²) in [4.78, 5) is 8.09. The minimum Gasteiger partial charge on any atom is -0.237 e. The third-order valence-electron chi connectivity index (χ3n) is 1.46. The van der Waals surface area contributed by atoms with E-state index in [0.717, 1.165) is 5.39 Å². The van der Waals surface area contributed by atoms with Crippen LogP contribution in [0.25, 0.3) is 11.0 Å². The predicted octanol–water partition coefficient (Wildman–Crippen LogP) is 2.28. The van der Waals surface area contributed by atoms with Gasteiger partial charge >= 0.3 is 0 Å². The summed E-state index contributed by atoms with van der Waals surface area (Å²) in [6.07, 6.45) is 3.35. The van der Waals surface area contributed by atoms with E-state index in [1.165, 1.54) is 0 Å². The van der Waals surface area contributed by atoms with E-state index >= 15 is 0 Å². The third-order valence-corrected chi connectivity index (χ3v) is 1.79. The van der Waals surface area contributed by atoms with Gasteiger partial charge < -0.3 is 0 Å². The Morgan fingerprint density at radius 3 is 2.73 bits per heavy atom. The second-order valence-corrected chi connectivity index (χ2v) is 2.57. The highest BCUT2D eigenvalue weighted by molar-refractivity contribution is 6.35. The van der Waals surface area contributed by atoms with Crippen LogP contribution in [0.5, 0.6) is 0 Å². The van der Waals surface area contributed by atoms with Gasteiger partial charge in [-0.25, -0.2) is 9.97 Å². The Balaban J connectivity index is 2.91. The minimum absolute atomic E-state index is 0.694. The van der Waals surface area contributed by atoms with Gasteiger partial charge in [-0.1, -0.05) is 11.6 Å². The van der Waals surface area contributed by atoms with Crippen molar-refractivity contribution < 1.29 is 0 Å². The van der Waals surface area contributed by atoms with Crippen LogP contribution >= 0.6 is 11.6 Å². The van der Waals surface area contributed by atoms with Gasteiger partial charge in [-0.2, -0.15) is 0 Å². The van der Waals surface area contributed by atoms with Gasteiger partial charge in [0.1, 0.15) is 0 Å². The lowest BCUT2D eigenvalue weighted by Gasteiger charge is -1.95. The van der Waals surface area contributed by atoms with Crippen molar-refractivity contribution in [2.45, 2.75) is 0 Å². The van der Waals surface area contributed by atoms with E-state index in [-0.39, 0.29) is 0 Å². The average Bonchev–Trinajstić information content (AvgIpc) is 2.06. The van der Waals surface area contributed by atoms with Crippen LogP contribution in [0.3, 0.4) is 0 Å². The Morgan fingerprint density at radius 1 is 1.09 bits per heavy atom. The molecule has 0 spiro atoms. The van der Waals surface area contributed by atoms with Gasteiger partial charge in [0.2, 0.25) is 0 Å². The fourth-order valence-corrected chi connectivity index (χ4v) is 1.15. The molecular formula is C8H5ClN2. The van der Waals surface area contributed by atoms with Crippen LogP contribution in [-0.4, -0.2) is 9.97 Å². The number of pyridine rings is 2. The summed E-state index contributed by atoms with van der Waals surface area (Å²) in [6.45, 7) is 0. The molecule has 2 aromatic rings. The van der Waals surface area contributed by atoms with Crippen LogP contribution in [0.2, 0.25) is 5.02 Å². The van der Waals surface area contributed by atoms with Crippen LogP contribution in [0.4, 0.5) is 0 Å². The highest BCUT2D eigenvalue weighted by Crippen LogP contribution is 2.18. The number of halogens is 1. The van der Waals surface area contributed by atoms with Gasteiger partial charge in [-0.15, -0.1) is 0 Å². The maximum absolute atomic E-state index is 5.88. The molecule has 0 fully saturated rings. The molecule has 0 saturated heterocycles. The zero-order valence-electron chi connectivity index (χ0n) is 5.66. The molecular weight excluding hydrogens is 160 g/mol. The van der Waals surface area contributed by atoms with Crippen molar-refractivity contribution in [3.05, 3.63) is 35.6 Å². The van der Waals surface area contributed by atoms with Gasteiger partial charge in [-0.05, 0) is 18.2 Å². The Morgan fingerprint density at radius 2 is 1.91 bits per heavy atom. The largest absolute Gasteiger partial charge is 0.237 e. The van der Waals surface area contributed by atoms with Crippen LogP contribution in [-0.2, 0) is 0 Å². The molecule has 2 rings (SSSR count). The molecule has 0 unspecified atom stereocenters. The lowest BCUT2D eigenvalue weighted by atomic mass is 10.3. The number of fused-ring (bicyclic) bond motifs is 1. The van der Waals surface area contributed by atoms with E-state index in [9.17, 15) is 0 Å². The minimum atomic E-state index is 0.694. The number of aromatic nitrogens is 2. The van der Waals surface area contributed by atoms with Crippen molar-refractivity contribution in [3.63, 3.8) is 0 Å². The standard InChI is InChI=1S/C8H5ClN2/c9-7-3-5-11-8-6(7)2-1-4-10-8/h1-5H. The summed E-state index contributed by atoms with van der Waals surface area (Å²) < 4.78 is 0. The van der Waals surface area contributed by atoms with E-state index < -0.39 is 0 Å². The number of nitrogens with zero attached hydrogens (tertiary/aromatic N) is 2. The average molecular weight is 165 g/mol. The summed E-state index contributed by atoms with van der Waals surface area (Å²) in [5.74, 6) is 0. The molecule has 0 aliphatic rings. The molecule has 0 aromatic carbocycles. The number of rotatable bonds is 0. The van der Waals surface area contributed by atoms with Crippen molar-refractivity contribution in [2.24, 2.45) is 0 Å². The lowest BCUT2D eigenvalue weighted by molar-refractivity contribution is 1.29. The summed E-state index contributed by atoms with van der Waals surface area (Å²) in [5, 5.41) is 1.60. The SMILES string of the molecule is Clc1ccnc2ncccc12. The predicted molar refractivity (Wildman–Crippen MR) is 44.5 cm³/mol. The fraction of sp³-hybridized carbons (Fsp3) is 0. The molecule has 0 radical (unpaired) electrons. The van der Waals surface area contributed by atoms with E-state index in [4.69, 9.17) is 11.6 Å². The molecule has 0 bridgehead atoms. The third kappa shape index (κ3) is 1.05. The maximum atomic E-state index is 5.88. The summed E-state index contributed by atoms with van der Waals surface area (Å²) in [7, 11) is 0. The molecule has 0 saturated carbocycles. The van der Waals surface area contributed by atoms with Crippen molar-refractivity contribution in [1.82, 2.24) is 9.97 Å². The van der Waals surface area contributed by atoms with Gasteiger partial charge in [0.25, 0.3) is 0 Å². The van der Waals surface area contributed by atoms with E-state index in [1.807, 2.05) is 12.1 Å². The Labute approximate surface area is 68.9 Å². The molecule has 2 heterocycles. The monoisotopic (exact) mass is 164 g/mol. The lowest BCUT2D eigenvalue weighted by Crippen LogP contribution is -1.81. The zero-order valence-corrected chi connectivity index (χ0v) is 6.42. The summed E-state index contributed by atoms with van der Waals surface area (Å²) >= 11 is 5.88. The Kier molecular flexibility index (Phi) is 1.47. The fourth-order valence-electron chi connectivity index (χ4n) is 0.949. The first kappa shape index (κ1) is 6.55. The molecule has 0 N–H and O–H groups in total. The van der Waals surface area contributed by atoms with Crippen molar-refractivity contribution >= 4 is 22.6 Å². The first-order chi connectivity index (χ1) is 5.38. The van der Waals surface area contributed by atoms with E-state index in [2.05, 4.69) is 9.97 Å². The molecule has 2 nitrogen and oxygen atoms in total. The van der Waals surface area contributed by atoms with Gasteiger partial charge in [0.15, 0.2) is 5.65 Å². The summed E-state index contributed by atoms with van der Waals surface area (Å²) in [6, 6.07) is 5.50. The number of hydrogen-bond acceptors (Lipinski definition) is 2. The second kappa shape index (κ2) is 2.47. The Hall–Kier alpha value is -1.15. The zero-order chi connectivity index (χ0) is 7.68. The van der Waals surface area contributed by atoms with Crippen LogP contribution < -0.4 is 0 Å². The molecule has 11 heavy (non-hydrogen) atoms. The second-order valence-electron chi connectivity index (χ2n) is 2.17. The Bertz CT molecular complexity index is 381. The first-order valence-electron chi connectivity index (χ1n) is 3.23. The van der Waals surface area contributed by atoms with Crippen LogP contribution in [0, 0.1) is 0 Å². The molecule has 0 aliphatic heterocycles. The quantitative estimate of drug-likeness (QED) is 0.597. The van der Waals surface area contributed by atoms with Crippen LogP contribution in [0.1, 0.15) is 0 Å². The molecule has 0 amide bonds.